The molecule has 3 heteroatoms. The Hall–Kier alpha value is -0.960. The quantitative estimate of drug-likeness (QED) is 0.801. The molecule has 0 fully saturated rings. The Kier molecular flexibility index (Phi) is 4.92. The van der Waals surface area contributed by atoms with Crippen molar-refractivity contribution in [2.45, 2.75) is 30.6 Å². The van der Waals surface area contributed by atoms with Crippen LogP contribution in [0.5, 0.6) is 0 Å². The van der Waals surface area contributed by atoms with Gasteiger partial charge in [-0.15, -0.1) is 11.8 Å². The van der Waals surface area contributed by atoms with Crippen LogP contribution in [0.25, 0.3) is 0 Å². The highest BCUT2D eigenvalue weighted by Crippen LogP contribution is 2.30. The Morgan fingerprint density at radius 1 is 1.21 bits per heavy atom. The molecule has 0 heterocycles. The molecule has 0 aliphatic rings. The second kappa shape index (κ2) is 6.47. The molecule has 19 heavy (non-hydrogen) atoms. The van der Waals surface area contributed by atoms with Gasteiger partial charge in [-0.1, -0.05) is 41.9 Å². The molecule has 0 saturated heterocycles. The summed E-state index contributed by atoms with van der Waals surface area (Å²) in [5.41, 5.74) is 3.42. The van der Waals surface area contributed by atoms with Gasteiger partial charge in [-0.2, -0.15) is 0 Å². The second-order valence-electron chi connectivity index (χ2n) is 4.57. The lowest BCUT2D eigenvalue weighted by Gasteiger charge is -2.10. The summed E-state index contributed by atoms with van der Waals surface area (Å²) < 4.78 is 0. The summed E-state index contributed by atoms with van der Waals surface area (Å²) in [6, 6.07) is 14.2. The lowest BCUT2D eigenvalue weighted by molar-refractivity contribution is 0.199. The van der Waals surface area contributed by atoms with Crippen LogP contribution >= 0.6 is 23.4 Å². The zero-order valence-electron chi connectivity index (χ0n) is 11.1. The number of rotatable bonds is 4. The molecule has 0 saturated carbocycles. The van der Waals surface area contributed by atoms with E-state index in [1.54, 1.807) is 18.7 Å². The molecule has 1 N–H and O–H groups in total. The molecule has 2 aromatic rings. The smallest absolute Gasteiger partial charge is 0.0776 e. The minimum atomic E-state index is -0.525. The fraction of sp³-hybridized carbons (Fsp3) is 0.250. The van der Waals surface area contributed by atoms with Gasteiger partial charge in [-0.25, -0.2) is 0 Å². The average molecular weight is 293 g/mol. The first-order valence-corrected chi connectivity index (χ1v) is 7.59. The maximum atomic E-state index is 9.55. The number of aliphatic hydroxyl groups is 1. The van der Waals surface area contributed by atoms with Crippen molar-refractivity contribution >= 4 is 23.4 Å². The molecule has 0 aliphatic carbocycles. The fourth-order valence-electron chi connectivity index (χ4n) is 1.87. The number of thioether (sulfide) groups is 1. The van der Waals surface area contributed by atoms with Gasteiger partial charge in [0, 0.05) is 15.7 Å². The fourth-order valence-corrected chi connectivity index (χ4v) is 3.28. The van der Waals surface area contributed by atoms with E-state index >= 15 is 0 Å². The molecule has 0 bridgehead atoms. The average Bonchev–Trinajstić information content (AvgIpc) is 2.37. The number of aryl methyl sites for hydroxylation is 1. The topological polar surface area (TPSA) is 20.2 Å². The van der Waals surface area contributed by atoms with Gasteiger partial charge in [-0.05, 0) is 42.7 Å². The molecule has 2 rings (SSSR count). The van der Waals surface area contributed by atoms with Crippen LogP contribution in [0, 0.1) is 6.92 Å². The summed E-state index contributed by atoms with van der Waals surface area (Å²) in [4.78, 5) is 1.12. The summed E-state index contributed by atoms with van der Waals surface area (Å²) >= 11 is 7.92. The molecule has 0 radical (unpaired) electrons. The summed E-state index contributed by atoms with van der Waals surface area (Å²) in [6.45, 7) is 3.85. The van der Waals surface area contributed by atoms with Crippen molar-refractivity contribution in [1.82, 2.24) is 0 Å². The van der Waals surface area contributed by atoms with Gasteiger partial charge in [0.2, 0.25) is 0 Å². The molecular weight excluding hydrogens is 276 g/mol. The normalized spacial score (nSPS) is 12.4. The van der Waals surface area contributed by atoms with E-state index < -0.39 is 6.10 Å². The largest absolute Gasteiger partial charge is 0.389 e. The molecule has 0 spiro atoms. The Balaban J connectivity index is 2.08. The first kappa shape index (κ1) is 14.4. The number of hydrogen-bond acceptors (Lipinski definition) is 2. The Labute approximate surface area is 123 Å². The van der Waals surface area contributed by atoms with Crippen LogP contribution < -0.4 is 0 Å². The third-order valence-corrected chi connectivity index (χ3v) is 4.45. The Morgan fingerprint density at radius 3 is 2.58 bits per heavy atom. The number of benzene rings is 2. The highest BCUT2D eigenvalue weighted by atomic mass is 35.5. The molecule has 1 atom stereocenters. The van der Waals surface area contributed by atoms with E-state index in [1.165, 1.54) is 11.1 Å². The summed E-state index contributed by atoms with van der Waals surface area (Å²) in [7, 11) is 0. The SMILES string of the molecule is Cc1ccccc1CSc1ccc(C(C)O)c(Cl)c1. The van der Waals surface area contributed by atoms with Gasteiger partial charge < -0.3 is 5.11 Å². The molecule has 100 valence electrons. The molecule has 0 aliphatic heterocycles. The van der Waals surface area contributed by atoms with Crippen molar-refractivity contribution < 1.29 is 5.11 Å². The third kappa shape index (κ3) is 3.75. The van der Waals surface area contributed by atoms with Crippen molar-refractivity contribution in [2.75, 3.05) is 0 Å². The number of halogens is 1. The monoisotopic (exact) mass is 292 g/mol. The van der Waals surface area contributed by atoms with Gasteiger partial charge in [0.1, 0.15) is 0 Å². The summed E-state index contributed by atoms with van der Waals surface area (Å²) in [5.74, 6) is 0.928. The summed E-state index contributed by atoms with van der Waals surface area (Å²) in [5, 5.41) is 10.2. The first-order valence-electron chi connectivity index (χ1n) is 6.22. The van der Waals surface area contributed by atoms with E-state index in [2.05, 4.69) is 31.2 Å². The van der Waals surface area contributed by atoms with Gasteiger partial charge >= 0.3 is 0 Å². The molecule has 0 amide bonds. The zero-order chi connectivity index (χ0) is 13.8. The predicted molar refractivity (Wildman–Crippen MR) is 82.8 cm³/mol. The second-order valence-corrected chi connectivity index (χ2v) is 6.03. The van der Waals surface area contributed by atoms with Crippen molar-refractivity contribution in [3.63, 3.8) is 0 Å². The van der Waals surface area contributed by atoms with Crippen LogP contribution in [0.15, 0.2) is 47.4 Å². The van der Waals surface area contributed by atoms with Crippen molar-refractivity contribution in [3.8, 4) is 0 Å². The van der Waals surface area contributed by atoms with E-state index in [4.69, 9.17) is 11.6 Å². The predicted octanol–water partition coefficient (Wildman–Crippen LogP) is 4.99. The van der Waals surface area contributed by atoms with Gasteiger partial charge in [0.15, 0.2) is 0 Å². The highest BCUT2D eigenvalue weighted by Gasteiger charge is 2.07. The molecule has 1 nitrogen and oxygen atoms in total. The maximum absolute atomic E-state index is 9.55. The van der Waals surface area contributed by atoms with E-state index in [0.29, 0.717) is 5.02 Å². The third-order valence-electron chi connectivity index (χ3n) is 3.08. The van der Waals surface area contributed by atoms with Crippen LogP contribution in [0.1, 0.15) is 29.7 Å². The van der Waals surface area contributed by atoms with Crippen molar-refractivity contribution in [3.05, 3.63) is 64.2 Å². The van der Waals surface area contributed by atoms with E-state index in [9.17, 15) is 5.11 Å². The van der Waals surface area contributed by atoms with E-state index in [0.717, 1.165) is 16.2 Å². The van der Waals surface area contributed by atoms with Crippen molar-refractivity contribution in [2.24, 2.45) is 0 Å². The lowest BCUT2D eigenvalue weighted by atomic mass is 10.1. The van der Waals surface area contributed by atoms with Crippen LogP contribution in [0.2, 0.25) is 5.02 Å². The zero-order valence-corrected chi connectivity index (χ0v) is 12.6. The Morgan fingerprint density at radius 2 is 1.95 bits per heavy atom. The van der Waals surface area contributed by atoms with Gasteiger partial charge in [0.05, 0.1) is 6.10 Å². The van der Waals surface area contributed by atoms with Crippen LogP contribution in [0.4, 0.5) is 0 Å². The summed E-state index contributed by atoms with van der Waals surface area (Å²) in [6.07, 6.45) is -0.525. The minimum Gasteiger partial charge on any atom is -0.389 e. The molecule has 0 aromatic heterocycles. The lowest BCUT2D eigenvalue weighted by Crippen LogP contribution is -1.92. The van der Waals surface area contributed by atoms with Gasteiger partial charge in [-0.3, -0.25) is 0 Å². The van der Waals surface area contributed by atoms with Crippen LogP contribution in [-0.2, 0) is 5.75 Å². The number of aliphatic hydroxyl groups excluding tert-OH is 1. The number of hydrogen-bond donors (Lipinski definition) is 1. The standard InChI is InChI=1S/C16H17ClOS/c1-11-5-3-4-6-13(11)10-19-14-7-8-15(12(2)18)16(17)9-14/h3-9,12,18H,10H2,1-2H3. The Bertz CT molecular complexity index is 566. The maximum Gasteiger partial charge on any atom is 0.0776 e. The van der Waals surface area contributed by atoms with E-state index in [1.807, 2.05) is 18.2 Å². The van der Waals surface area contributed by atoms with E-state index in [-0.39, 0.29) is 0 Å². The van der Waals surface area contributed by atoms with Gasteiger partial charge in [0.25, 0.3) is 0 Å². The molecule has 1 unspecified atom stereocenters. The van der Waals surface area contributed by atoms with Crippen molar-refractivity contribution in [1.29, 1.82) is 0 Å². The van der Waals surface area contributed by atoms with Crippen LogP contribution in [0.3, 0.4) is 0 Å². The molecule has 2 aromatic carbocycles. The highest BCUT2D eigenvalue weighted by molar-refractivity contribution is 7.98. The first-order chi connectivity index (χ1) is 9.08. The molecular formula is C16H17ClOS. The minimum absolute atomic E-state index is 0.525. The van der Waals surface area contributed by atoms with Crippen LogP contribution in [-0.4, -0.2) is 5.11 Å².